The highest BCUT2D eigenvalue weighted by Gasteiger charge is 2.73. The smallest absolute Gasteiger partial charge is 0.411 e. The Balaban J connectivity index is 2.83. The molecular weight excluding hydrogens is 526 g/mol. The van der Waals surface area contributed by atoms with Crippen LogP contribution in [0.5, 0.6) is 0 Å². The maximum absolute atomic E-state index is 14.9. The summed E-state index contributed by atoms with van der Waals surface area (Å²) in [4.78, 5) is 22.5. The van der Waals surface area contributed by atoms with Gasteiger partial charge in [-0.3, -0.25) is 9.59 Å². The van der Waals surface area contributed by atoms with E-state index < -0.39 is 65.5 Å². The molecule has 2 N–H and O–H groups in total. The first-order chi connectivity index (χ1) is 18.2. The standard InChI is InChI=1S/C29H26F6O4/c1-3-19(25(36)37)13-9-15-21-11-5-7-17-23(21)27(28(30,31)32,29(33,34)35)24-18-8-6-12-22(24)16-10-14-20(4-2)26(38)39/h5-8,11-12,17-20H,3-4,15-16H2,1-2H3,(H,36,37)(H,38,39). The number of alkyl halides is 6. The number of halogens is 6. The van der Waals surface area contributed by atoms with E-state index >= 15 is 0 Å². The molecule has 0 aliphatic rings. The molecule has 10 heteroatoms. The maximum Gasteiger partial charge on any atom is 0.411 e. The van der Waals surface area contributed by atoms with Crippen LogP contribution in [0.2, 0.25) is 0 Å². The van der Waals surface area contributed by atoms with Crippen LogP contribution in [0.1, 0.15) is 48.9 Å². The molecule has 2 rings (SSSR count). The van der Waals surface area contributed by atoms with Gasteiger partial charge in [-0.25, -0.2) is 0 Å². The van der Waals surface area contributed by atoms with E-state index in [2.05, 4.69) is 23.7 Å². The molecule has 39 heavy (non-hydrogen) atoms. The second-order valence-corrected chi connectivity index (χ2v) is 8.65. The molecule has 2 unspecified atom stereocenters. The zero-order valence-electron chi connectivity index (χ0n) is 21.1. The molecule has 0 amide bonds. The predicted octanol–water partition coefficient (Wildman–Crippen LogP) is 6.41. The van der Waals surface area contributed by atoms with E-state index in [0.717, 1.165) is 36.4 Å². The second-order valence-electron chi connectivity index (χ2n) is 8.65. The third kappa shape index (κ3) is 6.75. The lowest BCUT2D eigenvalue weighted by molar-refractivity contribution is -0.289. The van der Waals surface area contributed by atoms with Gasteiger partial charge in [0.05, 0.1) is 0 Å². The highest BCUT2D eigenvalue weighted by molar-refractivity contribution is 5.74. The summed E-state index contributed by atoms with van der Waals surface area (Å²) in [5.41, 5.74) is -7.36. The van der Waals surface area contributed by atoms with Gasteiger partial charge in [0.15, 0.2) is 0 Å². The first-order valence-electron chi connectivity index (χ1n) is 11.9. The van der Waals surface area contributed by atoms with Gasteiger partial charge in [-0.15, -0.1) is 0 Å². The summed E-state index contributed by atoms with van der Waals surface area (Å²) >= 11 is 0. The average Bonchev–Trinajstić information content (AvgIpc) is 2.84. The Morgan fingerprint density at radius 2 is 1.03 bits per heavy atom. The predicted molar refractivity (Wildman–Crippen MR) is 132 cm³/mol. The van der Waals surface area contributed by atoms with E-state index in [1.165, 1.54) is 12.1 Å². The fourth-order valence-electron chi connectivity index (χ4n) is 4.21. The Kier molecular flexibility index (Phi) is 10.2. The molecule has 208 valence electrons. The monoisotopic (exact) mass is 552 g/mol. The number of carboxylic acids is 2. The van der Waals surface area contributed by atoms with Crippen LogP contribution in [0.15, 0.2) is 48.5 Å². The summed E-state index contributed by atoms with van der Waals surface area (Å²) < 4.78 is 89.3. The fourth-order valence-corrected chi connectivity index (χ4v) is 4.21. The van der Waals surface area contributed by atoms with Crippen molar-refractivity contribution >= 4 is 11.9 Å². The van der Waals surface area contributed by atoms with Crippen LogP contribution in [0.4, 0.5) is 26.3 Å². The normalized spacial score (nSPS) is 13.3. The van der Waals surface area contributed by atoms with Crippen LogP contribution in [0.3, 0.4) is 0 Å². The van der Waals surface area contributed by atoms with Crippen molar-refractivity contribution in [3.63, 3.8) is 0 Å². The van der Waals surface area contributed by atoms with E-state index in [4.69, 9.17) is 10.2 Å². The second kappa shape index (κ2) is 12.8. The SMILES string of the molecule is CCC(C#CCc1ccccc1C(c1ccccc1CC#CC(CC)C(=O)O)(C(F)(F)F)C(F)(F)F)C(=O)O. The van der Waals surface area contributed by atoms with Crippen LogP contribution in [-0.4, -0.2) is 34.5 Å². The summed E-state index contributed by atoms with van der Waals surface area (Å²) in [6, 6.07) is 8.36. The molecule has 0 fully saturated rings. The summed E-state index contributed by atoms with van der Waals surface area (Å²) in [6.07, 6.45) is -12.6. The first kappa shape index (κ1) is 31.3. The van der Waals surface area contributed by atoms with E-state index in [0.29, 0.717) is 0 Å². The van der Waals surface area contributed by atoms with Gasteiger partial charge in [0.25, 0.3) is 0 Å². The Bertz CT molecular complexity index is 1200. The summed E-state index contributed by atoms with van der Waals surface area (Å²) in [5.74, 6) is 4.93. The average molecular weight is 553 g/mol. The third-order valence-electron chi connectivity index (χ3n) is 6.22. The van der Waals surface area contributed by atoms with Gasteiger partial charge in [0.2, 0.25) is 5.41 Å². The van der Waals surface area contributed by atoms with Crippen molar-refractivity contribution in [3.05, 3.63) is 70.8 Å². The molecule has 2 atom stereocenters. The lowest BCUT2D eigenvalue weighted by Gasteiger charge is -2.40. The molecule has 2 aromatic rings. The molecule has 4 nitrogen and oxygen atoms in total. The molecule has 0 aliphatic carbocycles. The largest absolute Gasteiger partial charge is 0.480 e. The first-order valence-corrected chi connectivity index (χ1v) is 11.9. The molecule has 2 aromatic carbocycles. The van der Waals surface area contributed by atoms with Crippen molar-refractivity contribution in [1.29, 1.82) is 0 Å². The minimum Gasteiger partial charge on any atom is -0.480 e. The van der Waals surface area contributed by atoms with Gasteiger partial charge < -0.3 is 10.2 Å². The van der Waals surface area contributed by atoms with E-state index in [1.54, 1.807) is 13.8 Å². The number of aliphatic carboxylic acids is 2. The number of carbonyl (C=O) groups is 2. The summed E-state index contributed by atoms with van der Waals surface area (Å²) in [6.45, 7) is 3.08. The summed E-state index contributed by atoms with van der Waals surface area (Å²) in [5, 5.41) is 18.3. The van der Waals surface area contributed by atoms with Crippen LogP contribution in [0, 0.1) is 35.5 Å². The molecule has 0 bridgehead atoms. The molecule has 0 aliphatic heterocycles. The van der Waals surface area contributed by atoms with Crippen LogP contribution in [0.25, 0.3) is 0 Å². The third-order valence-corrected chi connectivity index (χ3v) is 6.22. The molecule has 0 saturated carbocycles. The van der Waals surface area contributed by atoms with E-state index in [1.807, 2.05) is 0 Å². The van der Waals surface area contributed by atoms with Gasteiger partial charge in [-0.1, -0.05) is 86.1 Å². The Morgan fingerprint density at radius 1 is 0.692 bits per heavy atom. The van der Waals surface area contributed by atoms with Gasteiger partial charge in [0.1, 0.15) is 11.8 Å². The van der Waals surface area contributed by atoms with Crippen LogP contribution < -0.4 is 0 Å². The highest BCUT2D eigenvalue weighted by atomic mass is 19.4. The number of benzene rings is 2. The van der Waals surface area contributed by atoms with Gasteiger partial charge in [-0.2, -0.15) is 26.3 Å². The molecule has 0 spiro atoms. The number of carboxylic acid groups (broad SMARTS) is 2. The molecular formula is C29H26F6O4. The fraction of sp³-hybridized carbons (Fsp3) is 0.379. The zero-order chi connectivity index (χ0) is 29.4. The Hall–Kier alpha value is -3.92. The number of hydrogen-bond donors (Lipinski definition) is 2. The van der Waals surface area contributed by atoms with Gasteiger partial charge in [0, 0.05) is 12.8 Å². The molecule has 0 aromatic heterocycles. The Morgan fingerprint density at radius 3 is 1.31 bits per heavy atom. The maximum atomic E-state index is 14.9. The van der Waals surface area contributed by atoms with Crippen molar-refractivity contribution in [2.75, 3.05) is 0 Å². The lowest BCUT2D eigenvalue weighted by atomic mass is 9.69. The molecule has 0 heterocycles. The van der Waals surface area contributed by atoms with E-state index in [9.17, 15) is 35.9 Å². The topological polar surface area (TPSA) is 74.6 Å². The molecule has 0 radical (unpaired) electrons. The van der Waals surface area contributed by atoms with Gasteiger partial charge in [-0.05, 0) is 35.1 Å². The lowest BCUT2D eigenvalue weighted by Crippen LogP contribution is -2.55. The summed E-state index contributed by atoms with van der Waals surface area (Å²) in [7, 11) is 0. The Labute approximate surface area is 222 Å². The van der Waals surface area contributed by atoms with Crippen molar-refractivity contribution in [2.45, 2.75) is 57.3 Å². The minimum absolute atomic E-state index is 0.105. The van der Waals surface area contributed by atoms with Crippen LogP contribution >= 0.6 is 0 Å². The number of hydrogen-bond acceptors (Lipinski definition) is 2. The zero-order valence-corrected chi connectivity index (χ0v) is 21.1. The van der Waals surface area contributed by atoms with Crippen molar-refractivity contribution in [1.82, 2.24) is 0 Å². The molecule has 0 saturated heterocycles. The minimum atomic E-state index is -5.86. The van der Waals surface area contributed by atoms with Crippen molar-refractivity contribution in [2.24, 2.45) is 11.8 Å². The van der Waals surface area contributed by atoms with E-state index in [-0.39, 0.29) is 24.0 Å². The van der Waals surface area contributed by atoms with Crippen LogP contribution in [-0.2, 0) is 27.8 Å². The number of rotatable bonds is 8. The highest BCUT2D eigenvalue weighted by Crippen LogP contribution is 2.57. The quantitative estimate of drug-likeness (QED) is 0.293. The van der Waals surface area contributed by atoms with Crippen molar-refractivity contribution < 1.29 is 46.1 Å². The van der Waals surface area contributed by atoms with Crippen molar-refractivity contribution in [3.8, 4) is 23.7 Å². The van der Waals surface area contributed by atoms with Gasteiger partial charge >= 0.3 is 24.3 Å².